The zero-order valence-corrected chi connectivity index (χ0v) is 21.7. The summed E-state index contributed by atoms with van der Waals surface area (Å²) in [5.74, 6) is -0.746. The van der Waals surface area contributed by atoms with Crippen LogP contribution < -0.4 is 15.2 Å². The van der Waals surface area contributed by atoms with Gasteiger partial charge in [-0.1, -0.05) is 18.2 Å². The van der Waals surface area contributed by atoms with E-state index < -0.39 is 24.6 Å². The Kier molecular flexibility index (Phi) is 7.43. The second kappa shape index (κ2) is 11.0. The summed E-state index contributed by atoms with van der Waals surface area (Å²) in [6, 6.07) is 7.12. The Morgan fingerprint density at radius 3 is 2.60 bits per heavy atom. The number of piperazine rings is 1. The first-order chi connectivity index (χ1) is 19.2. The van der Waals surface area contributed by atoms with Crippen molar-refractivity contribution in [3.05, 3.63) is 64.5 Å². The van der Waals surface area contributed by atoms with Crippen molar-refractivity contribution in [2.24, 2.45) is 7.05 Å². The quantitative estimate of drug-likeness (QED) is 0.367. The second-order valence-electron chi connectivity index (χ2n) is 9.37. The average Bonchev–Trinajstić information content (AvgIpc) is 3.17. The van der Waals surface area contributed by atoms with E-state index in [4.69, 9.17) is 5.11 Å². The third-order valence-electron chi connectivity index (χ3n) is 6.87. The van der Waals surface area contributed by atoms with Crippen LogP contribution in [-0.4, -0.2) is 79.1 Å². The normalized spacial score (nSPS) is 15.7. The summed E-state index contributed by atoms with van der Waals surface area (Å²) in [7, 11) is 1.48. The Morgan fingerprint density at radius 2 is 1.93 bits per heavy atom. The van der Waals surface area contributed by atoms with Crippen molar-refractivity contribution in [3.63, 3.8) is 0 Å². The van der Waals surface area contributed by atoms with Gasteiger partial charge in [0.15, 0.2) is 11.5 Å². The maximum atomic E-state index is 15.2. The molecule has 0 saturated carbocycles. The fraction of sp³-hybridized carbons (Fsp3) is 0.346. The summed E-state index contributed by atoms with van der Waals surface area (Å²) in [4.78, 5) is 41.4. The molecule has 3 aromatic heterocycles. The molecule has 1 unspecified atom stereocenters. The van der Waals surface area contributed by atoms with E-state index in [-0.39, 0.29) is 46.5 Å². The largest absolute Gasteiger partial charge is 0.434 e. The SMILES string of the molecule is CC1CN(c2ncc(-c3nc4c(cc3F)c(=O)n(C)n4Cc3ccccc3OC(F)F)cn2)CCN1C(=O)CO. The number of pyridine rings is 1. The highest BCUT2D eigenvalue weighted by atomic mass is 19.3. The maximum Gasteiger partial charge on any atom is 0.387 e. The summed E-state index contributed by atoms with van der Waals surface area (Å²) in [5, 5.41) is 9.17. The van der Waals surface area contributed by atoms with Crippen molar-refractivity contribution in [2.45, 2.75) is 26.1 Å². The molecule has 1 aromatic carbocycles. The van der Waals surface area contributed by atoms with Crippen LogP contribution in [0.2, 0.25) is 0 Å². The van der Waals surface area contributed by atoms with Crippen LogP contribution in [0.25, 0.3) is 22.3 Å². The zero-order chi connectivity index (χ0) is 28.6. The van der Waals surface area contributed by atoms with Gasteiger partial charge in [0, 0.05) is 56.2 Å². The fourth-order valence-corrected chi connectivity index (χ4v) is 4.86. The average molecular weight is 558 g/mol. The van der Waals surface area contributed by atoms with Crippen LogP contribution in [0.1, 0.15) is 12.5 Å². The number of hydrogen-bond acceptors (Lipinski definition) is 8. The number of nitrogens with zero attached hydrogens (tertiary/aromatic N) is 7. The molecule has 0 spiro atoms. The predicted octanol–water partition coefficient (Wildman–Crippen LogP) is 2.01. The predicted molar refractivity (Wildman–Crippen MR) is 139 cm³/mol. The van der Waals surface area contributed by atoms with Gasteiger partial charge in [0.1, 0.15) is 18.1 Å². The van der Waals surface area contributed by atoms with Crippen LogP contribution in [0.3, 0.4) is 0 Å². The number of benzene rings is 1. The highest BCUT2D eigenvalue weighted by Crippen LogP contribution is 2.26. The van der Waals surface area contributed by atoms with E-state index in [1.54, 1.807) is 23.1 Å². The zero-order valence-electron chi connectivity index (χ0n) is 21.7. The molecule has 0 bridgehead atoms. The van der Waals surface area contributed by atoms with E-state index in [1.165, 1.54) is 34.9 Å². The highest BCUT2D eigenvalue weighted by molar-refractivity contribution is 5.79. The van der Waals surface area contributed by atoms with Crippen molar-refractivity contribution in [1.29, 1.82) is 0 Å². The van der Waals surface area contributed by atoms with Gasteiger partial charge in [-0.25, -0.2) is 19.3 Å². The van der Waals surface area contributed by atoms with E-state index in [0.29, 0.717) is 31.1 Å². The number of halogens is 3. The van der Waals surface area contributed by atoms with E-state index in [2.05, 4.69) is 19.7 Å². The molecule has 40 heavy (non-hydrogen) atoms. The number of alkyl halides is 2. The molecule has 1 fully saturated rings. The second-order valence-corrected chi connectivity index (χ2v) is 9.37. The molecule has 1 amide bonds. The number of aliphatic hydroxyl groups excluding tert-OH is 1. The number of fused-ring (bicyclic) bond motifs is 1. The molecule has 11 nitrogen and oxygen atoms in total. The number of aliphatic hydroxyl groups is 1. The molecule has 1 atom stereocenters. The van der Waals surface area contributed by atoms with Crippen LogP contribution in [0.15, 0.2) is 47.5 Å². The molecule has 210 valence electrons. The third-order valence-corrected chi connectivity index (χ3v) is 6.87. The molecule has 0 radical (unpaired) electrons. The molecule has 4 heterocycles. The van der Waals surface area contributed by atoms with Crippen molar-refractivity contribution < 1.29 is 27.8 Å². The number of para-hydroxylation sites is 1. The first-order valence-electron chi connectivity index (χ1n) is 12.4. The van der Waals surface area contributed by atoms with Crippen LogP contribution >= 0.6 is 0 Å². The molecular weight excluding hydrogens is 531 g/mol. The number of carbonyl (C=O) groups is 1. The topological polar surface area (TPSA) is 119 Å². The number of rotatable bonds is 7. The van der Waals surface area contributed by atoms with Gasteiger partial charge in [-0.3, -0.25) is 19.0 Å². The number of hydrogen-bond donors (Lipinski definition) is 1. The smallest absolute Gasteiger partial charge is 0.387 e. The number of amides is 1. The minimum atomic E-state index is -3.02. The van der Waals surface area contributed by atoms with Gasteiger partial charge in [-0.15, -0.1) is 0 Å². The van der Waals surface area contributed by atoms with Crippen LogP contribution in [0.5, 0.6) is 5.75 Å². The summed E-state index contributed by atoms with van der Waals surface area (Å²) in [6.45, 7) is -0.436. The lowest BCUT2D eigenvalue weighted by molar-refractivity contribution is -0.136. The van der Waals surface area contributed by atoms with Crippen molar-refractivity contribution in [2.75, 3.05) is 31.1 Å². The highest BCUT2D eigenvalue weighted by Gasteiger charge is 2.28. The molecule has 4 aromatic rings. The lowest BCUT2D eigenvalue weighted by atomic mass is 10.2. The summed E-state index contributed by atoms with van der Waals surface area (Å²) in [6.07, 6.45) is 2.85. The van der Waals surface area contributed by atoms with Crippen molar-refractivity contribution in [1.82, 2.24) is 29.2 Å². The van der Waals surface area contributed by atoms with Crippen LogP contribution in [0, 0.1) is 5.82 Å². The first kappa shape index (κ1) is 27.1. The number of aromatic nitrogens is 5. The first-order valence-corrected chi connectivity index (χ1v) is 12.4. The van der Waals surface area contributed by atoms with Gasteiger partial charge in [0.05, 0.1) is 11.9 Å². The van der Waals surface area contributed by atoms with Crippen molar-refractivity contribution in [3.8, 4) is 17.0 Å². The Bertz CT molecular complexity index is 1610. The van der Waals surface area contributed by atoms with Gasteiger partial charge in [0.25, 0.3) is 5.56 Å². The van der Waals surface area contributed by atoms with Crippen LogP contribution in [-0.2, 0) is 18.4 Å². The molecule has 14 heteroatoms. The van der Waals surface area contributed by atoms with E-state index in [9.17, 15) is 18.4 Å². The van der Waals surface area contributed by atoms with Gasteiger partial charge < -0.3 is 19.6 Å². The van der Waals surface area contributed by atoms with E-state index in [0.717, 1.165) is 6.07 Å². The number of carbonyl (C=O) groups excluding carboxylic acids is 1. The van der Waals surface area contributed by atoms with Gasteiger partial charge in [0.2, 0.25) is 11.9 Å². The molecule has 1 N–H and O–H groups in total. The number of ether oxygens (including phenoxy) is 1. The minimum Gasteiger partial charge on any atom is -0.434 e. The van der Waals surface area contributed by atoms with Crippen molar-refractivity contribution >= 4 is 22.9 Å². The lowest BCUT2D eigenvalue weighted by Gasteiger charge is -2.39. The Morgan fingerprint density at radius 1 is 1.20 bits per heavy atom. The van der Waals surface area contributed by atoms with Gasteiger partial charge in [-0.05, 0) is 19.1 Å². The third kappa shape index (κ3) is 5.09. The van der Waals surface area contributed by atoms with Gasteiger partial charge >= 0.3 is 6.61 Å². The molecular formula is C26H26F3N7O4. The minimum absolute atomic E-state index is 0.0258. The molecule has 1 aliphatic rings. The molecule has 1 aliphatic heterocycles. The van der Waals surface area contributed by atoms with Gasteiger partial charge in [-0.2, -0.15) is 8.78 Å². The molecule has 1 saturated heterocycles. The standard InChI is InChI=1S/C26H26F3N7O4/c1-15-12-34(7-8-35(15)21(38)14-37)26-30-10-17(11-31-26)22-19(27)9-18-23(32-22)36(33(2)24(18)39)13-16-5-3-4-6-20(16)40-25(28)29/h3-6,9-11,15,25,37H,7-8,12-14H2,1-2H3. The molecule has 0 aliphatic carbocycles. The Hall–Kier alpha value is -4.46. The Balaban J connectivity index is 1.46. The monoisotopic (exact) mass is 557 g/mol. The Labute approximate surface area is 226 Å². The lowest BCUT2D eigenvalue weighted by Crippen LogP contribution is -2.55. The summed E-state index contributed by atoms with van der Waals surface area (Å²) >= 11 is 0. The maximum absolute atomic E-state index is 15.2. The number of anilines is 1. The fourth-order valence-electron chi connectivity index (χ4n) is 4.86. The summed E-state index contributed by atoms with van der Waals surface area (Å²) < 4.78 is 48.3. The van der Waals surface area contributed by atoms with E-state index in [1.807, 2.05) is 11.8 Å². The molecule has 5 rings (SSSR count). The summed E-state index contributed by atoms with van der Waals surface area (Å²) in [5.41, 5.74) is 0.223. The van der Waals surface area contributed by atoms with E-state index >= 15 is 4.39 Å². The van der Waals surface area contributed by atoms with Crippen LogP contribution in [0.4, 0.5) is 19.1 Å².